The Kier molecular flexibility index (Phi) is 4.68. The molecule has 114 valence electrons. The molecule has 1 saturated heterocycles. The van der Waals surface area contributed by atoms with Gasteiger partial charge in [-0.3, -0.25) is 9.78 Å². The molecular weight excluding hydrogens is 274 g/mol. The molecule has 0 saturated carbocycles. The number of para-hydroxylation sites is 2. The van der Waals surface area contributed by atoms with Gasteiger partial charge in [0.05, 0.1) is 16.9 Å². The number of amides is 1. The summed E-state index contributed by atoms with van der Waals surface area (Å²) in [7, 11) is 0. The molecule has 3 rings (SSSR count). The van der Waals surface area contributed by atoms with Gasteiger partial charge in [0.25, 0.3) is 5.91 Å². The second-order valence-corrected chi connectivity index (χ2v) is 5.61. The van der Waals surface area contributed by atoms with Crippen LogP contribution in [-0.4, -0.2) is 24.0 Å². The van der Waals surface area contributed by atoms with Crippen molar-refractivity contribution < 1.29 is 4.79 Å². The van der Waals surface area contributed by atoms with E-state index in [1.165, 1.54) is 25.7 Å². The maximum absolute atomic E-state index is 12.3. The number of rotatable bonds is 3. The van der Waals surface area contributed by atoms with Crippen LogP contribution in [0.25, 0.3) is 0 Å². The Morgan fingerprint density at radius 2 is 1.77 bits per heavy atom. The molecule has 1 aliphatic heterocycles. The van der Waals surface area contributed by atoms with Gasteiger partial charge < -0.3 is 10.2 Å². The van der Waals surface area contributed by atoms with Gasteiger partial charge in [-0.05, 0) is 37.1 Å². The van der Waals surface area contributed by atoms with Gasteiger partial charge in [0.1, 0.15) is 0 Å². The Bertz CT molecular complexity index is 619. The largest absolute Gasteiger partial charge is 0.370 e. The maximum atomic E-state index is 12.3. The fourth-order valence-electron chi connectivity index (χ4n) is 2.86. The zero-order valence-corrected chi connectivity index (χ0v) is 12.7. The van der Waals surface area contributed by atoms with Crippen LogP contribution in [0.3, 0.4) is 0 Å². The number of carbonyl (C=O) groups is 1. The standard InChI is InChI=1S/C18H21N3O/c22-18(15-8-7-11-19-14-15)20-16-9-3-4-10-17(16)21-12-5-1-2-6-13-21/h3-4,7-11,14H,1-2,5-6,12-13H2,(H,20,22). The number of anilines is 2. The van der Waals surface area contributed by atoms with Gasteiger partial charge in [0.15, 0.2) is 0 Å². The minimum absolute atomic E-state index is 0.115. The van der Waals surface area contributed by atoms with Crippen molar-refractivity contribution in [2.75, 3.05) is 23.3 Å². The number of pyridine rings is 1. The molecule has 4 nitrogen and oxygen atoms in total. The van der Waals surface area contributed by atoms with Crippen molar-refractivity contribution in [3.8, 4) is 0 Å². The van der Waals surface area contributed by atoms with Crippen molar-refractivity contribution in [2.24, 2.45) is 0 Å². The van der Waals surface area contributed by atoms with Crippen LogP contribution < -0.4 is 10.2 Å². The highest BCUT2D eigenvalue weighted by molar-refractivity contribution is 6.05. The van der Waals surface area contributed by atoms with E-state index in [2.05, 4.69) is 21.3 Å². The molecule has 2 heterocycles. The van der Waals surface area contributed by atoms with Gasteiger partial charge in [-0.25, -0.2) is 0 Å². The van der Waals surface area contributed by atoms with E-state index >= 15 is 0 Å². The molecule has 1 aromatic heterocycles. The molecule has 1 amide bonds. The number of hydrogen-bond donors (Lipinski definition) is 1. The first-order chi connectivity index (χ1) is 10.8. The molecule has 1 aliphatic rings. The average molecular weight is 295 g/mol. The molecule has 0 atom stereocenters. The molecule has 1 N–H and O–H groups in total. The molecule has 0 bridgehead atoms. The maximum Gasteiger partial charge on any atom is 0.257 e. The summed E-state index contributed by atoms with van der Waals surface area (Å²) >= 11 is 0. The van der Waals surface area contributed by atoms with Crippen LogP contribution in [-0.2, 0) is 0 Å². The fraction of sp³-hybridized carbons (Fsp3) is 0.333. The predicted octanol–water partition coefficient (Wildman–Crippen LogP) is 3.71. The van der Waals surface area contributed by atoms with Crippen LogP contribution in [0.4, 0.5) is 11.4 Å². The van der Waals surface area contributed by atoms with Gasteiger partial charge in [0.2, 0.25) is 0 Å². The smallest absolute Gasteiger partial charge is 0.257 e. The van der Waals surface area contributed by atoms with Crippen LogP contribution in [0.15, 0.2) is 48.8 Å². The van der Waals surface area contributed by atoms with Crippen molar-refractivity contribution in [2.45, 2.75) is 25.7 Å². The van der Waals surface area contributed by atoms with Crippen LogP contribution in [0.2, 0.25) is 0 Å². The molecule has 0 spiro atoms. The second-order valence-electron chi connectivity index (χ2n) is 5.61. The SMILES string of the molecule is O=C(Nc1ccccc1N1CCCCCC1)c1cccnc1. The third-order valence-electron chi connectivity index (χ3n) is 4.02. The lowest BCUT2D eigenvalue weighted by Crippen LogP contribution is -2.25. The van der Waals surface area contributed by atoms with Gasteiger partial charge in [0, 0.05) is 25.5 Å². The first-order valence-electron chi connectivity index (χ1n) is 7.90. The lowest BCUT2D eigenvalue weighted by atomic mass is 10.2. The highest BCUT2D eigenvalue weighted by Gasteiger charge is 2.15. The summed E-state index contributed by atoms with van der Waals surface area (Å²) < 4.78 is 0. The number of hydrogen-bond acceptors (Lipinski definition) is 3. The molecule has 0 radical (unpaired) electrons. The monoisotopic (exact) mass is 295 g/mol. The van der Waals surface area contributed by atoms with Gasteiger partial charge >= 0.3 is 0 Å². The minimum atomic E-state index is -0.115. The third-order valence-corrected chi connectivity index (χ3v) is 4.02. The highest BCUT2D eigenvalue weighted by Crippen LogP contribution is 2.28. The zero-order chi connectivity index (χ0) is 15.2. The quantitative estimate of drug-likeness (QED) is 0.938. The molecule has 22 heavy (non-hydrogen) atoms. The fourth-order valence-corrected chi connectivity index (χ4v) is 2.86. The van der Waals surface area contributed by atoms with Gasteiger partial charge in [-0.15, -0.1) is 0 Å². The summed E-state index contributed by atoms with van der Waals surface area (Å²) in [5.41, 5.74) is 2.56. The van der Waals surface area contributed by atoms with E-state index in [9.17, 15) is 4.79 Å². The number of benzene rings is 1. The number of carbonyl (C=O) groups excluding carboxylic acids is 1. The molecule has 1 fully saturated rings. The summed E-state index contributed by atoms with van der Waals surface area (Å²) in [6.07, 6.45) is 8.27. The van der Waals surface area contributed by atoms with Crippen molar-refractivity contribution >= 4 is 17.3 Å². The molecule has 0 aliphatic carbocycles. The summed E-state index contributed by atoms with van der Waals surface area (Å²) in [5.74, 6) is -0.115. The van der Waals surface area contributed by atoms with E-state index in [0.29, 0.717) is 5.56 Å². The van der Waals surface area contributed by atoms with E-state index in [1.807, 2.05) is 18.2 Å². The minimum Gasteiger partial charge on any atom is -0.370 e. The van der Waals surface area contributed by atoms with E-state index < -0.39 is 0 Å². The molecule has 0 unspecified atom stereocenters. The first-order valence-corrected chi connectivity index (χ1v) is 7.90. The van der Waals surface area contributed by atoms with Gasteiger partial charge in [-0.1, -0.05) is 25.0 Å². The Labute approximate surface area is 131 Å². The Hall–Kier alpha value is -2.36. The predicted molar refractivity (Wildman–Crippen MR) is 89.3 cm³/mol. The van der Waals surface area contributed by atoms with Crippen molar-refractivity contribution in [1.29, 1.82) is 0 Å². The average Bonchev–Trinajstić information content (AvgIpc) is 2.85. The third kappa shape index (κ3) is 3.45. The molecule has 4 heteroatoms. The lowest BCUT2D eigenvalue weighted by molar-refractivity contribution is 0.102. The van der Waals surface area contributed by atoms with Crippen LogP contribution >= 0.6 is 0 Å². The Balaban J connectivity index is 1.80. The molecule has 1 aromatic carbocycles. The van der Waals surface area contributed by atoms with Gasteiger partial charge in [-0.2, -0.15) is 0 Å². The Morgan fingerprint density at radius 1 is 1.00 bits per heavy atom. The van der Waals surface area contributed by atoms with E-state index in [0.717, 1.165) is 24.5 Å². The summed E-state index contributed by atoms with van der Waals surface area (Å²) in [5, 5.41) is 3.02. The summed E-state index contributed by atoms with van der Waals surface area (Å²) in [4.78, 5) is 18.7. The van der Waals surface area contributed by atoms with Crippen LogP contribution in [0, 0.1) is 0 Å². The van der Waals surface area contributed by atoms with Crippen LogP contribution in [0.5, 0.6) is 0 Å². The number of aromatic nitrogens is 1. The Morgan fingerprint density at radius 3 is 2.50 bits per heavy atom. The topological polar surface area (TPSA) is 45.2 Å². The van der Waals surface area contributed by atoms with E-state index in [1.54, 1.807) is 24.5 Å². The summed E-state index contributed by atoms with van der Waals surface area (Å²) in [6, 6.07) is 11.6. The van der Waals surface area contributed by atoms with E-state index in [-0.39, 0.29) is 5.91 Å². The zero-order valence-electron chi connectivity index (χ0n) is 12.7. The normalized spacial score (nSPS) is 15.2. The molecular formula is C18H21N3O. The highest BCUT2D eigenvalue weighted by atomic mass is 16.1. The van der Waals surface area contributed by atoms with Crippen LogP contribution in [0.1, 0.15) is 36.0 Å². The molecule has 2 aromatic rings. The number of nitrogens with one attached hydrogen (secondary N) is 1. The van der Waals surface area contributed by atoms with Crippen molar-refractivity contribution in [3.05, 3.63) is 54.4 Å². The van der Waals surface area contributed by atoms with Crippen molar-refractivity contribution in [3.63, 3.8) is 0 Å². The second kappa shape index (κ2) is 7.07. The van der Waals surface area contributed by atoms with Crippen molar-refractivity contribution in [1.82, 2.24) is 4.98 Å². The van der Waals surface area contributed by atoms with E-state index in [4.69, 9.17) is 0 Å². The lowest BCUT2D eigenvalue weighted by Gasteiger charge is -2.25. The number of nitrogens with zero attached hydrogens (tertiary/aromatic N) is 2. The first kappa shape index (κ1) is 14.6. The summed E-state index contributed by atoms with van der Waals surface area (Å²) in [6.45, 7) is 2.11.